The molecule has 3 saturated heterocycles. The number of allylic oxidation sites excluding steroid dienone is 3. The van der Waals surface area contributed by atoms with Crippen molar-refractivity contribution in [3.8, 4) is 17.2 Å². The van der Waals surface area contributed by atoms with Crippen LogP contribution in [0.15, 0.2) is 165 Å². The highest BCUT2D eigenvalue weighted by Gasteiger charge is 2.64. The first-order chi connectivity index (χ1) is 56.7. The fourth-order valence-electron chi connectivity index (χ4n) is 17.6. The number of esters is 4. The number of nitrogens with zero attached hydrogens (tertiary/aromatic N) is 3. The van der Waals surface area contributed by atoms with E-state index in [4.69, 9.17) is 33.2 Å². The molecule has 6 aliphatic rings. The second kappa shape index (κ2) is 38.0. The number of aliphatic carboxylic acids is 1. The van der Waals surface area contributed by atoms with Gasteiger partial charge in [0.15, 0.2) is 11.6 Å². The molecule has 3 saturated carbocycles. The molecule has 644 valence electrons. The molecule has 2 amide bonds. The van der Waals surface area contributed by atoms with Gasteiger partial charge in [-0.25, -0.2) is 0 Å². The first-order valence-corrected chi connectivity index (χ1v) is 42.6. The Morgan fingerprint density at radius 3 is 1.07 bits per heavy atom. The SMILES string of the molecule is C=C[C@H]1C[C@@]1(CC(=O)[C@@H]1C[C@@H](Oc2cccc3ccccc23)CN1B(C)O)C(=O)OCC.C=C[C@H]1C[C@@]1(CC(=O)[C@@H]1C[C@@H](Oc2cccc3ccccc23)CN1C(=O)[C@@H](CC(=O)OC(C)(C)C)C(C)(C)CC)C(=O)O.C=C[C@H]1C[C@@]1(CC(=O)[C@@H]1C[C@@H](Oc2cccc3ccccc23)CN1C(=O)[C@@H](CC(=O)OC(C)(C)C)C(C)(C)CC)C(=O)OCC. The number of ketones is 3. The normalized spacial score (nSPS) is 24.9. The number of carboxylic acid groups (broad SMARTS) is 1. The Balaban J connectivity index is 0.000000192. The molecule has 6 aromatic rings. The van der Waals surface area contributed by atoms with Crippen LogP contribution >= 0.6 is 0 Å². The zero-order chi connectivity index (χ0) is 87.8. The van der Waals surface area contributed by atoms with Crippen LogP contribution in [0.3, 0.4) is 0 Å². The average Bonchev–Trinajstić information content (AvgIpc) is 1.58. The summed E-state index contributed by atoms with van der Waals surface area (Å²) in [6.07, 6.45) is 7.10. The molecule has 0 aromatic heterocycles. The van der Waals surface area contributed by atoms with Gasteiger partial charge in [0, 0.05) is 61.2 Å². The van der Waals surface area contributed by atoms with Crippen LogP contribution in [-0.2, 0) is 66.9 Å². The smallest absolute Gasteiger partial charge is 0.377 e. The van der Waals surface area contributed by atoms with Crippen LogP contribution in [0.5, 0.6) is 17.2 Å². The van der Waals surface area contributed by atoms with Crippen LogP contribution < -0.4 is 14.2 Å². The van der Waals surface area contributed by atoms with Gasteiger partial charge in [-0.1, -0.05) is 182 Å². The molecule has 0 bridgehead atoms. The van der Waals surface area contributed by atoms with E-state index in [2.05, 4.69) is 19.7 Å². The minimum atomic E-state index is -1.19. The molecule has 3 aliphatic heterocycles. The number of carbonyl (C=O) groups is 10. The number of likely N-dealkylation sites (tertiary alicyclic amines) is 2. The fraction of sp³-hybridized carbons (Fsp3) is 0.526. The van der Waals surface area contributed by atoms with E-state index in [9.17, 15) is 58.1 Å². The summed E-state index contributed by atoms with van der Waals surface area (Å²) in [6, 6.07) is 39.0. The summed E-state index contributed by atoms with van der Waals surface area (Å²) in [4.78, 5) is 139. The predicted molar refractivity (Wildman–Crippen MR) is 462 cm³/mol. The molecule has 6 fully saturated rings. The van der Waals surface area contributed by atoms with Crippen LogP contribution in [0.25, 0.3) is 32.3 Å². The molecule has 120 heavy (non-hydrogen) atoms. The van der Waals surface area contributed by atoms with Crippen molar-refractivity contribution in [3.63, 3.8) is 0 Å². The largest absolute Gasteiger partial charge is 0.488 e. The van der Waals surface area contributed by atoms with Gasteiger partial charge in [0.05, 0.1) is 85.4 Å². The Kier molecular flexibility index (Phi) is 29.2. The van der Waals surface area contributed by atoms with Gasteiger partial charge in [0.2, 0.25) is 11.8 Å². The first kappa shape index (κ1) is 92.3. The summed E-state index contributed by atoms with van der Waals surface area (Å²) in [7, 11) is -0.794. The lowest BCUT2D eigenvalue weighted by Crippen LogP contribution is -2.48. The van der Waals surface area contributed by atoms with Crippen LogP contribution in [0, 0.1) is 56.7 Å². The predicted octanol–water partition coefficient (Wildman–Crippen LogP) is 16.4. The number of benzene rings is 6. The van der Waals surface area contributed by atoms with Gasteiger partial charge in [-0.15, -0.1) is 19.7 Å². The van der Waals surface area contributed by atoms with Crippen molar-refractivity contribution < 1.29 is 91.2 Å². The summed E-state index contributed by atoms with van der Waals surface area (Å²) in [5.74, 6) is -3.75. The number of ether oxygens (including phenoxy) is 7. The van der Waals surface area contributed by atoms with E-state index in [1.54, 1.807) is 90.2 Å². The summed E-state index contributed by atoms with van der Waals surface area (Å²) < 4.78 is 41.1. The Hall–Kier alpha value is -10.00. The van der Waals surface area contributed by atoms with Gasteiger partial charge in [0.1, 0.15) is 52.5 Å². The van der Waals surface area contributed by atoms with Crippen LogP contribution in [0.4, 0.5) is 0 Å². The van der Waals surface area contributed by atoms with Crippen molar-refractivity contribution in [2.75, 3.05) is 32.8 Å². The lowest BCUT2D eigenvalue weighted by atomic mass is 9.74. The molecule has 2 N–H and O–H groups in total. The van der Waals surface area contributed by atoms with Gasteiger partial charge in [-0.3, -0.25) is 47.9 Å². The van der Waals surface area contributed by atoms with Crippen molar-refractivity contribution in [1.82, 2.24) is 14.6 Å². The number of amides is 2. The van der Waals surface area contributed by atoms with Crippen molar-refractivity contribution >= 4 is 98.4 Å². The minimum absolute atomic E-state index is 0.0466. The van der Waals surface area contributed by atoms with Gasteiger partial charge in [-0.05, 0) is 144 Å². The minimum Gasteiger partial charge on any atom is -0.488 e. The second-order valence-electron chi connectivity index (χ2n) is 36.9. The summed E-state index contributed by atoms with van der Waals surface area (Å²) >= 11 is 0. The molecule has 6 aromatic carbocycles. The first-order valence-electron chi connectivity index (χ1n) is 42.6. The molecular weight excluding hydrogens is 1520 g/mol. The van der Waals surface area contributed by atoms with E-state index >= 15 is 0 Å². The molecule has 23 heteroatoms. The number of hydrogen-bond acceptors (Lipinski definition) is 19. The molecular formula is C97H124BN3O19. The Bertz CT molecular complexity index is 4790. The van der Waals surface area contributed by atoms with E-state index in [0.717, 1.165) is 38.1 Å². The highest BCUT2D eigenvalue weighted by Crippen LogP contribution is 2.60. The second-order valence-corrected chi connectivity index (χ2v) is 36.9. The Morgan fingerprint density at radius 2 is 0.767 bits per heavy atom. The van der Waals surface area contributed by atoms with E-state index in [0.29, 0.717) is 56.6 Å². The topological polar surface area (TPSA) is 285 Å². The standard InChI is InChI=1S/C37H49NO7.C35H45NO7.C25H30BNO5/c1-9-25-21-37(25,34(42)43-11-3)22-30(39)29-19-26(44-31-18-14-16-24-15-12-13-17-27(24)31)23-38(29)33(41)28(36(7,8)10-2)20-32(40)45-35(4,5)6;1-8-23-19-35(23,32(40)41)20-28(37)27-17-24(42-29-16-12-14-22-13-10-11-15-25(22)29)21-36(27)31(39)26(34(6,7)9-2)18-30(38)43-33(3,4)5;1-4-18-14-25(18,24(29)31-5-2)15-22(28)21-13-19(16-27(21)26(3)30)32-23-12-8-10-17-9-6-7-11-20(17)23/h9,12-18,25-26,28-29H,1,10-11,19-23H2,2-8H3;8,10-16,23-24,26-27H,1,9,17-21H2,2-7H3,(H,40,41);4,6-12,18-19,21,30H,1,5,13-16H2,2-3H3/t25-,26+,28+,29-,37-;23-,24+,26+,27-,35-;18-,19+,21-,25-/m000/s1. The van der Waals surface area contributed by atoms with Crippen molar-refractivity contribution in [1.29, 1.82) is 0 Å². The van der Waals surface area contributed by atoms with Gasteiger partial charge in [-0.2, -0.15) is 0 Å². The Labute approximate surface area is 707 Å². The molecule has 0 radical (unpaired) electrons. The van der Waals surface area contributed by atoms with Gasteiger partial charge < -0.3 is 57.9 Å². The molecule has 14 atom stereocenters. The number of carboxylic acids is 1. The summed E-state index contributed by atoms with van der Waals surface area (Å²) in [5, 5.41) is 26.3. The van der Waals surface area contributed by atoms with Crippen LogP contribution in [0.2, 0.25) is 6.82 Å². The number of fused-ring (bicyclic) bond motifs is 3. The maximum absolute atomic E-state index is 14.5. The van der Waals surface area contributed by atoms with E-state index in [1.165, 1.54) is 4.90 Å². The third-order valence-electron chi connectivity index (χ3n) is 25.5. The molecule has 22 nitrogen and oxygen atoms in total. The summed E-state index contributed by atoms with van der Waals surface area (Å²) in [5.41, 5.74) is -5.49. The zero-order valence-electron chi connectivity index (χ0n) is 72.8. The van der Waals surface area contributed by atoms with Gasteiger partial charge >= 0.3 is 36.9 Å². The molecule has 0 spiro atoms. The fourth-order valence-corrected chi connectivity index (χ4v) is 17.6. The van der Waals surface area contributed by atoms with E-state index < -0.39 is 111 Å². The maximum Gasteiger partial charge on any atom is 0.377 e. The lowest BCUT2D eigenvalue weighted by molar-refractivity contribution is -0.161. The molecule has 3 heterocycles. The number of hydrogen-bond donors (Lipinski definition) is 2. The van der Waals surface area contributed by atoms with Crippen molar-refractivity contribution in [3.05, 3.63) is 165 Å². The lowest BCUT2D eigenvalue weighted by Gasteiger charge is -2.37. The van der Waals surface area contributed by atoms with Crippen molar-refractivity contribution in [2.45, 2.75) is 235 Å². The Morgan fingerprint density at radius 1 is 0.458 bits per heavy atom. The number of carbonyl (C=O) groups excluding carboxylic acids is 9. The third-order valence-corrected chi connectivity index (χ3v) is 25.5. The molecule has 3 aliphatic carbocycles. The molecule has 12 rings (SSSR count). The van der Waals surface area contributed by atoms with Gasteiger partial charge in [0.25, 0.3) is 0 Å². The third kappa shape index (κ3) is 21.3. The van der Waals surface area contributed by atoms with Crippen LogP contribution in [-0.4, -0.2) is 171 Å². The highest BCUT2D eigenvalue weighted by molar-refractivity contribution is 6.46. The van der Waals surface area contributed by atoms with Crippen LogP contribution in [0.1, 0.15) is 180 Å². The van der Waals surface area contributed by atoms with E-state index in [1.807, 2.05) is 169 Å². The average molecular weight is 1650 g/mol. The highest BCUT2D eigenvalue weighted by atomic mass is 16.6. The number of Topliss-reactive ketones (excluding diaryl/α,β-unsaturated/α-hetero) is 3. The van der Waals surface area contributed by atoms with E-state index in [-0.39, 0.29) is 130 Å². The monoisotopic (exact) mass is 1650 g/mol. The molecule has 0 unspecified atom stereocenters. The number of rotatable bonds is 34. The quantitative estimate of drug-likeness (QED) is 0.0164. The zero-order valence-corrected chi connectivity index (χ0v) is 72.8. The summed E-state index contributed by atoms with van der Waals surface area (Å²) in [6.45, 7) is 40.3. The van der Waals surface area contributed by atoms with Crippen molar-refractivity contribution in [2.24, 2.45) is 56.7 Å². The maximum atomic E-state index is 14.5.